The summed E-state index contributed by atoms with van der Waals surface area (Å²) in [6.07, 6.45) is 3.43. The van der Waals surface area contributed by atoms with Crippen LogP contribution in [-0.4, -0.2) is 23.9 Å². The molecule has 0 bridgehead atoms. The summed E-state index contributed by atoms with van der Waals surface area (Å²) < 4.78 is 26.2. The van der Waals surface area contributed by atoms with E-state index in [1.54, 1.807) is 23.0 Å². The van der Waals surface area contributed by atoms with Crippen LogP contribution in [0.3, 0.4) is 0 Å². The fourth-order valence-corrected chi connectivity index (χ4v) is 3.50. The van der Waals surface area contributed by atoms with Crippen molar-refractivity contribution < 1.29 is 13.2 Å². The first-order valence-corrected chi connectivity index (χ1v) is 9.77. The fraction of sp³-hybridized carbons (Fsp3) is 0.222. The Balaban J connectivity index is 1.62. The molecule has 0 radical (unpaired) electrons. The Morgan fingerprint density at radius 2 is 1.85 bits per heavy atom. The summed E-state index contributed by atoms with van der Waals surface area (Å²) in [4.78, 5) is 18.5. The van der Waals surface area contributed by atoms with E-state index in [9.17, 15) is 13.2 Å². The maximum atomic E-state index is 12.3. The topological polar surface area (TPSA) is 93.1 Å². The van der Waals surface area contributed by atoms with Crippen molar-refractivity contribution in [3.8, 4) is 0 Å². The number of aromatic nitrogens is 2. The van der Waals surface area contributed by atoms with Crippen LogP contribution >= 0.6 is 0 Å². The van der Waals surface area contributed by atoms with Gasteiger partial charge in [-0.25, -0.2) is 13.4 Å². The number of carbonyl (C=O) groups is 1. The van der Waals surface area contributed by atoms with Gasteiger partial charge in [0, 0.05) is 0 Å². The molecule has 0 spiro atoms. The van der Waals surface area contributed by atoms with Crippen molar-refractivity contribution in [2.24, 2.45) is 0 Å². The van der Waals surface area contributed by atoms with Crippen LogP contribution in [0.5, 0.6) is 0 Å². The van der Waals surface area contributed by atoms with Gasteiger partial charge in [-0.1, -0.05) is 37.6 Å². The minimum absolute atomic E-state index is 0.0432. The maximum Gasteiger partial charge on any atom is 0.257 e. The lowest BCUT2D eigenvalue weighted by molar-refractivity contribution is -0.122. The number of benzene rings is 2. The van der Waals surface area contributed by atoms with Crippen molar-refractivity contribution >= 4 is 27.0 Å². The highest BCUT2D eigenvalue weighted by Gasteiger charge is 2.15. The van der Waals surface area contributed by atoms with E-state index in [4.69, 9.17) is 0 Å². The van der Waals surface area contributed by atoms with Gasteiger partial charge in [0.25, 0.3) is 15.9 Å². The second kappa shape index (κ2) is 7.67. The number of fused-ring (bicyclic) bond motifs is 1. The SMILES string of the molecule is CCCc1ccc(S(=O)(=O)NNC(=O)Cn2cnc3ccccc32)cc1. The molecule has 0 fully saturated rings. The molecule has 2 N–H and O–H groups in total. The van der Waals surface area contributed by atoms with Crippen molar-refractivity contribution in [1.29, 1.82) is 0 Å². The van der Waals surface area contributed by atoms with E-state index in [0.29, 0.717) is 0 Å². The zero-order valence-electron chi connectivity index (χ0n) is 14.3. The summed E-state index contributed by atoms with van der Waals surface area (Å²) >= 11 is 0. The van der Waals surface area contributed by atoms with Crippen LogP contribution in [-0.2, 0) is 27.8 Å². The van der Waals surface area contributed by atoms with Crippen molar-refractivity contribution in [1.82, 2.24) is 19.8 Å². The molecule has 26 heavy (non-hydrogen) atoms. The Hall–Kier alpha value is -2.71. The molecule has 0 aliphatic carbocycles. The van der Waals surface area contributed by atoms with Crippen molar-refractivity contribution in [2.75, 3.05) is 0 Å². The Morgan fingerprint density at radius 3 is 2.58 bits per heavy atom. The van der Waals surface area contributed by atoms with Gasteiger partial charge in [-0.2, -0.15) is 0 Å². The van der Waals surface area contributed by atoms with E-state index in [2.05, 4.69) is 22.2 Å². The highest BCUT2D eigenvalue weighted by molar-refractivity contribution is 7.89. The Kier molecular flexibility index (Phi) is 5.34. The van der Waals surface area contributed by atoms with Gasteiger partial charge in [0.1, 0.15) is 6.54 Å². The largest absolute Gasteiger partial charge is 0.321 e. The monoisotopic (exact) mass is 372 g/mol. The summed E-state index contributed by atoms with van der Waals surface area (Å²) in [5.74, 6) is -0.487. The first kappa shape index (κ1) is 18.1. The molecule has 1 aromatic heterocycles. The smallest absolute Gasteiger partial charge is 0.257 e. The van der Waals surface area contributed by atoms with Gasteiger partial charge in [-0.3, -0.25) is 10.2 Å². The molecule has 7 nitrogen and oxygen atoms in total. The lowest BCUT2D eigenvalue weighted by Gasteiger charge is -2.10. The molecular weight excluding hydrogens is 352 g/mol. The number of imidazole rings is 1. The Labute approximate surface area is 152 Å². The van der Waals surface area contributed by atoms with Crippen LogP contribution in [0.1, 0.15) is 18.9 Å². The maximum absolute atomic E-state index is 12.3. The minimum atomic E-state index is -3.82. The summed E-state index contributed by atoms with van der Waals surface area (Å²) in [7, 11) is -3.82. The number of hydrazine groups is 1. The standard InChI is InChI=1S/C18H20N4O3S/c1-2-5-14-8-10-15(11-9-14)26(24,25)21-20-18(23)12-22-13-19-16-6-3-4-7-17(16)22/h3-4,6-11,13,21H,2,5,12H2,1H3,(H,20,23). The fourth-order valence-electron chi connectivity index (χ4n) is 2.64. The highest BCUT2D eigenvalue weighted by Crippen LogP contribution is 2.12. The van der Waals surface area contributed by atoms with E-state index < -0.39 is 15.9 Å². The first-order valence-electron chi connectivity index (χ1n) is 8.29. The predicted octanol–water partition coefficient (Wildman–Crippen LogP) is 2.00. The molecule has 0 saturated heterocycles. The quantitative estimate of drug-likeness (QED) is 0.621. The summed E-state index contributed by atoms with van der Waals surface area (Å²) in [5.41, 5.74) is 4.88. The van der Waals surface area contributed by atoms with Gasteiger partial charge >= 0.3 is 0 Å². The number of sulfonamides is 1. The van der Waals surface area contributed by atoms with Crippen LogP contribution in [0.25, 0.3) is 11.0 Å². The summed E-state index contributed by atoms with van der Waals surface area (Å²) in [5, 5.41) is 0. The normalized spacial score (nSPS) is 11.6. The van der Waals surface area contributed by atoms with Crippen LogP contribution in [0.4, 0.5) is 0 Å². The molecular formula is C18H20N4O3S. The second-order valence-electron chi connectivity index (χ2n) is 5.91. The van der Waals surface area contributed by atoms with Crippen molar-refractivity contribution in [3.05, 3.63) is 60.4 Å². The van der Waals surface area contributed by atoms with Crippen LogP contribution in [0.15, 0.2) is 59.8 Å². The lowest BCUT2D eigenvalue weighted by Crippen LogP contribution is -2.43. The number of amides is 1. The van der Waals surface area contributed by atoms with Gasteiger partial charge in [0.2, 0.25) is 0 Å². The van der Waals surface area contributed by atoms with E-state index >= 15 is 0 Å². The molecule has 136 valence electrons. The van der Waals surface area contributed by atoms with Crippen LogP contribution in [0.2, 0.25) is 0 Å². The van der Waals surface area contributed by atoms with E-state index in [-0.39, 0.29) is 11.4 Å². The number of hydrogen-bond donors (Lipinski definition) is 2. The Morgan fingerprint density at radius 1 is 1.12 bits per heavy atom. The number of carbonyl (C=O) groups excluding carboxylic acids is 1. The van der Waals surface area contributed by atoms with Crippen LogP contribution < -0.4 is 10.3 Å². The summed E-state index contributed by atoms with van der Waals surface area (Å²) in [6.45, 7) is 2.02. The minimum Gasteiger partial charge on any atom is -0.321 e. The molecule has 3 rings (SSSR count). The molecule has 0 saturated carbocycles. The highest BCUT2D eigenvalue weighted by atomic mass is 32.2. The molecule has 1 heterocycles. The molecule has 8 heteroatoms. The molecule has 0 aliphatic heterocycles. The van der Waals surface area contributed by atoms with Gasteiger partial charge in [0.15, 0.2) is 0 Å². The third-order valence-corrected chi connectivity index (χ3v) is 5.20. The first-order chi connectivity index (χ1) is 12.5. The number of aryl methyl sites for hydroxylation is 1. The lowest BCUT2D eigenvalue weighted by atomic mass is 10.1. The Bertz CT molecular complexity index is 1010. The summed E-state index contributed by atoms with van der Waals surface area (Å²) in [6, 6.07) is 14.0. The third-order valence-electron chi connectivity index (χ3n) is 3.94. The molecule has 1 amide bonds. The van der Waals surface area contributed by atoms with Gasteiger partial charge in [0.05, 0.1) is 22.3 Å². The number of rotatable bonds is 7. The number of para-hydroxylation sites is 2. The van der Waals surface area contributed by atoms with Crippen molar-refractivity contribution in [3.63, 3.8) is 0 Å². The van der Waals surface area contributed by atoms with E-state index in [0.717, 1.165) is 29.4 Å². The average molecular weight is 372 g/mol. The number of nitrogens with zero attached hydrogens (tertiary/aromatic N) is 2. The average Bonchev–Trinajstić information content (AvgIpc) is 3.04. The zero-order valence-corrected chi connectivity index (χ0v) is 15.2. The predicted molar refractivity (Wildman–Crippen MR) is 98.6 cm³/mol. The van der Waals surface area contributed by atoms with E-state index in [1.807, 2.05) is 24.3 Å². The van der Waals surface area contributed by atoms with Gasteiger partial charge in [-0.15, -0.1) is 4.83 Å². The second-order valence-corrected chi connectivity index (χ2v) is 7.59. The number of hydrogen-bond acceptors (Lipinski definition) is 4. The zero-order chi connectivity index (χ0) is 18.6. The van der Waals surface area contributed by atoms with Gasteiger partial charge < -0.3 is 4.57 Å². The number of nitrogens with one attached hydrogen (secondary N) is 2. The molecule has 3 aromatic rings. The van der Waals surface area contributed by atoms with Crippen LogP contribution in [0, 0.1) is 0 Å². The van der Waals surface area contributed by atoms with E-state index in [1.165, 1.54) is 12.1 Å². The van der Waals surface area contributed by atoms with Crippen molar-refractivity contribution in [2.45, 2.75) is 31.2 Å². The van der Waals surface area contributed by atoms with Gasteiger partial charge in [-0.05, 0) is 36.2 Å². The third kappa shape index (κ3) is 4.09. The molecule has 0 unspecified atom stereocenters. The molecule has 2 aromatic carbocycles. The molecule has 0 atom stereocenters. The molecule has 0 aliphatic rings.